The molecule has 2 aromatic rings. The van der Waals surface area contributed by atoms with Gasteiger partial charge < -0.3 is 15.4 Å². The van der Waals surface area contributed by atoms with Crippen LogP contribution in [0.4, 0.5) is 0 Å². The number of imidazole rings is 1. The molecule has 0 unspecified atom stereocenters. The van der Waals surface area contributed by atoms with Gasteiger partial charge in [0.05, 0.1) is 18.6 Å². The van der Waals surface area contributed by atoms with Gasteiger partial charge in [-0.25, -0.2) is 14.5 Å². The Morgan fingerprint density at radius 1 is 1.47 bits per heavy atom. The van der Waals surface area contributed by atoms with Gasteiger partial charge in [-0.05, 0) is 0 Å². The number of carboxylic acids is 1. The SMILES string of the molecule is NCc1c(C(=O)O)nnn1CCn1ccnc1. The zero-order valence-corrected chi connectivity index (χ0v) is 9.02. The van der Waals surface area contributed by atoms with Crippen molar-refractivity contribution in [2.24, 2.45) is 5.73 Å². The molecule has 2 rings (SSSR count). The van der Waals surface area contributed by atoms with Crippen LogP contribution in [0.3, 0.4) is 0 Å². The molecule has 0 fully saturated rings. The quantitative estimate of drug-likeness (QED) is 0.712. The number of aromatic nitrogens is 5. The molecule has 0 radical (unpaired) electrons. The van der Waals surface area contributed by atoms with Gasteiger partial charge in [-0.15, -0.1) is 5.10 Å². The fourth-order valence-corrected chi connectivity index (χ4v) is 1.51. The molecule has 90 valence electrons. The van der Waals surface area contributed by atoms with Crippen molar-refractivity contribution in [3.8, 4) is 0 Å². The standard InChI is InChI=1S/C9H12N6O2/c10-5-7-8(9(16)17)12-13-15(7)4-3-14-2-1-11-6-14/h1-2,6H,3-5,10H2,(H,16,17). The van der Waals surface area contributed by atoms with Crippen molar-refractivity contribution in [3.63, 3.8) is 0 Å². The van der Waals surface area contributed by atoms with Crippen LogP contribution in [0.25, 0.3) is 0 Å². The number of hydrogen-bond donors (Lipinski definition) is 2. The van der Waals surface area contributed by atoms with Crippen molar-refractivity contribution >= 4 is 5.97 Å². The molecule has 3 N–H and O–H groups in total. The van der Waals surface area contributed by atoms with Gasteiger partial charge in [0, 0.05) is 25.5 Å². The van der Waals surface area contributed by atoms with E-state index < -0.39 is 5.97 Å². The second-order valence-electron chi connectivity index (χ2n) is 3.42. The van der Waals surface area contributed by atoms with Gasteiger partial charge in [-0.3, -0.25) is 0 Å². The molecule has 17 heavy (non-hydrogen) atoms. The van der Waals surface area contributed by atoms with Crippen LogP contribution in [0, 0.1) is 0 Å². The third kappa shape index (κ3) is 2.31. The first kappa shape index (κ1) is 11.3. The van der Waals surface area contributed by atoms with Crippen LogP contribution >= 0.6 is 0 Å². The van der Waals surface area contributed by atoms with Crippen LogP contribution in [0.1, 0.15) is 16.2 Å². The average Bonchev–Trinajstić information content (AvgIpc) is 2.95. The van der Waals surface area contributed by atoms with Crippen LogP contribution in [-0.4, -0.2) is 35.6 Å². The van der Waals surface area contributed by atoms with Crippen molar-refractivity contribution in [2.45, 2.75) is 19.6 Å². The van der Waals surface area contributed by atoms with E-state index in [0.717, 1.165) is 0 Å². The number of nitrogens with zero attached hydrogens (tertiary/aromatic N) is 5. The van der Waals surface area contributed by atoms with Crippen molar-refractivity contribution in [3.05, 3.63) is 30.1 Å². The molecule has 0 aromatic carbocycles. The van der Waals surface area contributed by atoms with Crippen LogP contribution in [0.2, 0.25) is 0 Å². The largest absolute Gasteiger partial charge is 0.476 e. The zero-order valence-electron chi connectivity index (χ0n) is 9.02. The van der Waals surface area contributed by atoms with Gasteiger partial charge in [0.1, 0.15) is 0 Å². The minimum atomic E-state index is -1.11. The number of hydrogen-bond acceptors (Lipinski definition) is 5. The minimum Gasteiger partial charge on any atom is -0.476 e. The number of rotatable bonds is 5. The van der Waals surface area contributed by atoms with Crippen molar-refractivity contribution in [1.82, 2.24) is 24.5 Å². The van der Waals surface area contributed by atoms with Crippen molar-refractivity contribution < 1.29 is 9.90 Å². The molecule has 0 bridgehead atoms. The van der Waals surface area contributed by atoms with E-state index in [9.17, 15) is 4.79 Å². The van der Waals surface area contributed by atoms with Crippen LogP contribution in [0.15, 0.2) is 18.7 Å². The molecule has 8 heteroatoms. The summed E-state index contributed by atoms with van der Waals surface area (Å²) in [5, 5.41) is 16.3. The van der Waals surface area contributed by atoms with E-state index in [1.165, 1.54) is 4.68 Å². The molecule has 0 saturated carbocycles. The van der Waals surface area contributed by atoms with Gasteiger partial charge in [-0.2, -0.15) is 0 Å². The van der Waals surface area contributed by atoms with E-state index in [-0.39, 0.29) is 12.2 Å². The van der Waals surface area contributed by atoms with Gasteiger partial charge in [0.25, 0.3) is 0 Å². The maximum absolute atomic E-state index is 10.8. The van der Waals surface area contributed by atoms with Gasteiger partial charge in [0.2, 0.25) is 0 Å². The molecule has 0 aliphatic rings. The lowest BCUT2D eigenvalue weighted by molar-refractivity contribution is 0.0689. The van der Waals surface area contributed by atoms with Crippen LogP contribution in [-0.2, 0) is 19.6 Å². The smallest absolute Gasteiger partial charge is 0.358 e. The second kappa shape index (κ2) is 4.74. The number of aryl methyl sites for hydroxylation is 2. The number of carboxylic acid groups (broad SMARTS) is 1. The molecule has 0 saturated heterocycles. The highest BCUT2D eigenvalue weighted by Gasteiger charge is 2.17. The highest BCUT2D eigenvalue weighted by molar-refractivity contribution is 5.86. The molecule has 8 nitrogen and oxygen atoms in total. The molecule has 0 spiro atoms. The Kier molecular flexibility index (Phi) is 3.15. The summed E-state index contributed by atoms with van der Waals surface area (Å²) in [5.74, 6) is -1.11. The van der Waals surface area contributed by atoms with E-state index in [0.29, 0.717) is 18.8 Å². The lowest BCUT2D eigenvalue weighted by atomic mass is 10.3. The van der Waals surface area contributed by atoms with Gasteiger partial charge >= 0.3 is 5.97 Å². The van der Waals surface area contributed by atoms with Crippen LogP contribution in [0.5, 0.6) is 0 Å². The van der Waals surface area contributed by atoms with Crippen molar-refractivity contribution in [2.75, 3.05) is 0 Å². The lowest BCUT2D eigenvalue weighted by Crippen LogP contribution is -2.15. The predicted molar refractivity (Wildman–Crippen MR) is 57.1 cm³/mol. The molecular weight excluding hydrogens is 224 g/mol. The summed E-state index contributed by atoms with van der Waals surface area (Å²) in [5.41, 5.74) is 5.84. The molecule has 0 atom stereocenters. The Bertz CT molecular complexity index is 504. The summed E-state index contributed by atoms with van der Waals surface area (Å²) >= 11 is 0. The summed E-state index contributed by atoms with van der Waals surface area (Å²) in [6.07, 6.45) is 5.17. The Morgan fingerprint density at radius 2 is 2.29 bits per heavy atom. The molecular formula is C9H12N6O2. The van der Waals surface area contributed by atoms with E-state index in [1.807, 2.05) is 10.8 Å². The van der Waals surface area contributed by atoms with Crippen LogP contribution < -0.4 is 5.73 Å². The topological polar surface area (TPSA) is 112 Å². The Morgan fingerprint density at radius 3 is 2.88 bits per heavy atom. The van der Waals surface area contributed by atoms with E-state index in [2.05, 4.69) is 15.3 Å². The second-order valence-corrected chi connectivity index (χ2v) is 3.42. The number of aromatic carboxylic acids is 1. The Labute approximate surface area is 96.7 Å². The summed E-state index contributed by atoms with van der Waals surface area (Å²) < 4.78 is 3.37. The molecule has 2 heterocycles. The first-order valence-corrected chi connectivity index (χ1v) is 5.04. The monoisotopic (exact) mass is 236 g/mol. The molecule has 0 amide bonds. The molecule has 0 aliphatic heterocycles. The first-order chi connectivity index (χ1) is 8.22. The minimum absolute atomic E-state index is 0.0851. The Balaban J connectivity index is 2.13. The predicted octanol–water partition coefficient (Wildman–Crippen LogP) is -0.668. The average molecular weight is 236 g/mol. The van der Waals surface area contributed by atoms with Gasteiger partial charge in [0.15, 0.2) is 5.69 Å². The first-order valence-electron chi connectivity index (χ1n) is 5.04. The van der Waals surface area contributed by atoms with Gasteiger partial charge in [-0.1, -0.05) is 5.21 Å². The third-order valence-corrected chi connectivity index (χ3v) is 2.36. The highest BCUT2D eigenvalue weighted by Crippen LogP contribution is 2.05. The van der Waals surface area contributed by atoms with Crippen molar-refractivity contribution in [1.29, 1.82) is 0 Å². The summed E-state index contributed by atoms with van der Waals surface area (Å²) in [6, 6.07) is 0. The summed E-state index contributed by atoms with van der Waals surface area (Å²) in [6.45, 7) is 1.23. The third-order valence-electron chi connectivity index (χ3n) is 2.36. The van der Waals surface area contributed by atoms with E-state index in [1.54, 1.807) is 12.5 Å². The number of carbonyl (C=O) groups is 1. The molecule has 2 aromatic heterocycles. The fraction of sp³-hybridized carbons (Fsp3) is 0.333. The van der Waals surface area contributed by atoms with E-state index in [4.69, 9.17) is 10.8 Å². The number of nitrogens with two attached hydrogens (primary N) is 1. The highest BCUT2D eigenvalue weighted by atomic mass is 16.4. The maximum Gasteiger partial charge on any atom is 0.358 e. The fourth-order valence-electron chi connectivity index (χ4n) is 1.51. The molecule has 0 aliphatic carbocycles. The summed E-state index contributed by atoms with van der Waals surface area (Å²) in [7, 11) is 0. The lowest BCUT2D eigenvalue weighted by Gasteiger charge is -2.05. The summed E-state index contributed by atoms with van der Waals surface area (Å²) in [4.78, 5) is 14.7. The van der Waals surface area contributed by atoms with E-state index >= 15 is 0 Å². The zero-order chi connectivity index (χ0) is 12.3. The normalized spacial score (nSPS) is 10.6. The maximum atomic E-state index is 10.8. The Hall–Kier alpha value is -2.22.